The minimum absolute atomic E-state index is 0.0586. The van der Waals surface area contributed by atoms with Gasteiger partial charge in [-0.1, -0.05) is 18.2 Å². The predicted molar refractivity (Wildman–Crippen MR) is 90.0 cm³/mol. The Labute approximate surface area is 133 Å². The van der Waals surface area contributed by atoms with E-state index in [1.165, 1.54) is 0 Å². The van der Waals surface area contributed by atoms with E-state index in [1.807, 2.05) is 41.1 Å². The molecular weight excluding hydrogens is 294 g/mol. The molecule has 0 bridgehead atoms. The minimum Gasteiger partial charge on any atom is -0.347 e. The Morgan fingerprint density at radius 1 is 1.45 bits per heavy atom. The van der Waals surface area contributed by atoms with E-state index in [9.17, 15) is 4.79 Å². The second kappa shape index (κ2) is 6.58. The van der Waals surface area contributed by atoms with Crippen molar-refractivity contribution in [1.82, 2.24) is 14.9 Å². The Hall–Kier alpha value is -2.40. The zero-order chi connectivity index (χ0) is 15.4. The fourth-order valence-electron chi connectivity index (χ4n) is 2.35. The molecule has 0 aliphatic heterocycles. The van der Waals surface area contributed by atoms with E-state index in [2.05, 4.69) is 22.4 Å². The lowest BCUT2D eigenvalue weighted by molar-refractivity contribution is 0.0942. The highest BCUT2D eigenvalue weighted by molar-refractivity contribution is 7.17. The number of nitrogens with zero attached hydrogens (tertiary/aromatic N) is 2. The van der Waals surface area contributed by atoms with Gasteiger partial charge in [0.15, 0.2) is 0 Å². The van der Waals surface area contributed by atoms with Crippen LogP contribution in [0.25, 0.3) is 10.2 Å². The van der Waals surface area contributed by atoms with Gasteiger partial charge in [0, 0.05) is 25.5 Å². The van der Waals surface area contributed by atoms with Crippen molar-refractivity contribution in [1.29, 1.82) is 0 Å². The molecule has 0 atom stereocenters. The van der Waals surface area contributed by atoms with Crippen LogP contribution in [0.3, 0.4) is 0 Å². The van der Waals surface area contributed by atoms with Crippen LogP contribution in [-0.4, -0.2) is 15.5 Å². The number of fused-ring (bicyclic) bond motifs is 1. The topological polar surface area (TPSA) is 46.9 Å². The van der Waals surface area contributed by atoms with Gasteiger partial charge < -0.3 is 9.88 Å². The quantitative estimate of drug-likeness (QED) is 0.732. The highest BCUT2D eigenvalue weighted by atomic mass is 32.1. The molecule has 0 unspecified atom stereocenters. The number of allylic oxidation sites excluding steroid dienone is 2. The fourth-order valence-corrected chi connectivity index (χ4v) is 3.17. The molecule has 5 heteroatoms. The predicted octanol–water partition coefficient (Wildman–Crippen LogP) is 3.60. The van der Waals surface area contributed by atoms with E-state index in [0.717, 1.165) is 15.8 Å². The van der Waals surface area contributed by atoms with Crippen molar-refractivity contribution < 1.29 is 4.79 Å². The first-order chi connectivity index (χ1) is 10.8. The van der Waals surface area contributed by atoms with Gasteiger partial charge in [-0.25, -0.2) is 0 Å². The van der Waals surface area contributed by atoms with Crippen molar-refractivity contribution in [3.8, 4) is 0 Å². The number of hydrogen-bond donors (Lipinski definition) is 1. The summed E-state index contributed by atoms with van der Waals surface area (Å²) in [6.45, 7) is 3.16. The normalized spacial score (nSPS) is 11.3. The van der Waals surface area contributed by atoms with Crippen LogP contribution in [0.15, 0.2) is 54.2 Å². The Morgan fingerprint density at radius 2 is 2.36 bits per heavy atom. The van der Waals surface area contributed by atoms with Gasteiger partial charge >= 0.3 is 0 Å². The van der Waals surface area contributed by atoms with Crippen molar-refractivity contribution in [2.45, 2.75) is 20.0 Å². The lowest BCUT2D eigenvalue weighted by Crippen LogP contribution is -2.25. The summed E-state index contributed by atoms with van der Waals surface area (Å²) < 4.78 is 3.18. The van der Waals surface area contributed by atoms with Crippen LogP contribution in [0.4, 0.5) is 0 Å². The van der Waals surface area contributed by atoms with E-state index in [4.69, 9.17) is 0 Å². The summed E-state index contributed by atoms with van der Waals surface area (Å²) >= 11 is 1.65. The van der Waals surface area contributed by atoms with Crippen molar-refractivity contribution in [2.24, 2.45) is 0 Å². The summed E-state index contributed by atoms with van der Waals surface area (Å²) in [7, 11) is 0. The number of carbonyl (C=O) groups is 1. The molecule has 0 fully saturated rings. The van der Waals surface area contributed by atoms with Crippen LogP contribution in [0, 0.1) is 0 Å². The number of rotatable bonds is 5. The molecular formula is C17H17N3OS. The molecule has 0 saturated carbocycles. The molecule has 0 radical (unpaired) electrons. The largest absolute Gasteiger partial charge is 0.347 e. The molecule has 3 aromatic rings. The monoisotopic (exact) mass is 311 g/mol. The van der Waals surface area contributed by atoms with Crippen molar-refractivity contribution in [3.63, 3.8) is 0 Å². The smallest absolute Gasteiger partial charge is 0.268 e. The van der Waals surface area contributed by atoms with Crippen molar-refractivity contribution in [3.05, 3.63) is 65.4 Å². The van der Waals surface area contributed by atoms with Gasteiger partial charge in [-0.3, -0.25) is 9.78 Å². The lowest BCUT2D eigenvalue weighted by Gasteiger charge is -2.09. The molecule has 0 aliphatic rings. The second-order valence-electron chi connectivity index (χ2n) is 4.92. The number of hydrogen-bond acceptors (Lipinski definition) is 3. The van der Waals surface area contributed by atoms with E-state index < -0.39 is 0 Å². The lowest BCUT2D eigenvalue weighted by atomic mass is 10.3. The third-order valence-electron chi connectivity index (χ3n) is 3.45. The van der Waals surface area contributed by atoms with Crippen LogP contribution >= 0.6 is 11.3 Å². The second-order valence-corrected chi connectivity index (χ2v) is 5.87. The van der Waals surface area contributed by atoms with Gasteiger partial charge in [-0.05, 0) is 36.1 Å². The van der Waals surface area contributed by atoms with Crippen LogP contribution in [0.2, 0.25) is 0 Å². The summed E-state index contributed by atoms with van der Waals surface area (Å²) in [4.78, 5) is 16.6. The van der Waals surface area contributed by atoms with E-state index in [1.54, 1.807) is 23.7 Å². The maximum atomic E-state index is 12.5. The summed E-state index contributed by atoms with van der Waals surface area (Å²) in [5, 5.41) is 5.01. The van der Waals surface area contributed by atoms with E-state index in [0.29, 0.717) is 18.8 Å². The SMILES string of the molecule is CC=CCn1c(C(=O)NCc2cccnc2)cc2sccc21. The third-order valence-corrected chi connectivity index (χ3v) is 4.31. The summed E-state index contributed by atoms with van der Waals surface area (Å²) in [5.41, 5.74) is 2.79. The average molecular weight is 311 g/mol. The highest BCUT2D eigenvalue weighted by Crippen LogP contribution is 2.25. The van der Waals surface area contributed by atoms with Crippen LogP contribution < -0.4 is 5.32 Å². The highest BCUT2D eigenvalue weighted by Gasteiger charge is 2.15. The van der Waals surface area contributed by atoms with E-state index in [-0.39, 0.29) is 5.91 Å². The Bertz CT molecular complexity index is 802. The number of nitrogens with one attached hydrogen (secondary N) is 1. The number of pyridine rings is 1. The minimum atomic E-state index is -0.0586. The summed E-state index contributed by atoms with van der Waals surface area (Å²) in [6.07, 6.45) is 7.53. The Kier molecular flexibility index (Phi) is 4.34. The number of aromatic nitrogens is 2. The zero-order valence-electron chi connectivity index (χ0n) is 12.3. The van der Waals surface area contributed by atoms with Gasteiger partial charge in [0.1, 0.15) is 5.69 Å². The molecule has 0 saturated heterocycles. The fraction of sp³-hybridized carbons (Fsp3) is 0.176. The van der Waals surface area contributed by atoms with E-state index >= 15 is 0 Å². The number of carbonyl (C=O) groups excluding carboxylic acids is 1. The van der Waals surface area contributed by atoms with Gasteiger partial charge in [-0.15, -0.1) is 11.3 Å². The van der Waals surface area contributed by atoms with Gasteiger partial charge in [0.05, 0.1) is 10.2 Å². The molecule has 112 valence electrons. The molecule has 3 heterocycles. The summed E-state index contributed by atoms with van der Waals surface area (Å²) in [6, 6.07) is 7.83. The maximum absolute atomic E-state index is 12.5. The molecule has 0 aromatic carbocycles. The molecule has 3 aromatic heterocycles. The average Bonchev–Trinajstić information content (AvgIpc) is 3.13. The number of amides is 1. The Morgan fingerprint density at radius 3 is 3.14 bits per heavy atom. The Balaban J connectivity index is 1.82. The van der Waals surface area contributed by atoms with Gasteiger partial charge in [0.2, 0.25) is 0 Å². The van der Waals surface area contributed by atoms with Gasteiger partial charge in [-0.2, -0.15) is 0 Å². The molecule has 0 aliphatic carbocycles. The molecule has 1 amide bonds. The first kappa shape index (κ1) is 14.5. The van der Waals surface area contributed by atoms with Crippen molar-refractivity contribution in [2.75, 3.05) is 0 Å². The molecule has 22 heavy (non-hydrogen) atoms. The standard InChI is InChI=1S/C17H17N3OS/c1-2-3-8-20-14-6-9-22-16(14)10-15(20)17(21)19-12-13-5-4-7-18-11-13/h2-7,9-11H,8,12H2,1H3,(H,19,21). The number of thiophene rings is 1. The van der Waals surface area contributed by atoms with Crippen LogP contribution in [0.5, 0.6) is 0 Å². The zero-order valence-corrected chi connectivity index (χ0v) is 13.1. The third kappa shape index (κ3) is 2.94. The molecule has 0 spiro atoms. The molecule has 4 nitrogen and oxygen atoms in total. The van der Waals surface area contributed by atoms with Crippen LogP contribution in [-0.2, 0) is 13.1 Å². The molecule has 1 N–H and O–H groups in total. The van der Waals surface area contributed by atoms with Crippen molar-refractivity contribution >= 4 is 27.5 Å². The van der Waals surface area contributed by atoms with Gasteiger partial charge in [0.25, 0.3) is 5.91 Å². The molecule has 3 rings (SSSR count). The first-order valence-corrected chi connectivity index (χ1v) is 8.02. The summed E-state index contributed by atoms with van der Waals surface area (Å²) in [5.74, 6) is -0.0586. The van der Waals surface area contributed by atoms with Crippen LogP contribution in [0.1, 0.15) is 23.0 Å². The maximum Gasteiger partial charge on any atom is 0.268 e. The first-order valence-electron chi connectivity index (χ1n) is 7.14.